The van der Waals surface area contributed by atoms with Crippen LogP contribution in [0.4, 0.5) is 0 Å². The molecule has 3 rings (SSSR count). The predicted molar refractivity (Wildman–Crippen MR) is 97.9 cm³/mol. The lowest BCUT2D eigenvalue weighted by atomic mass is 10.0. The van der Waals surface area contributed by atoms with Crippen LogP contribution in [0.15, 0.2) is 54.6 Å². The highest BCUT2D eigenvalue weighted by Gasteiger charge is 2.27. The molecule has 1 aliphatic rings. The molecule has 24 heavy (non-hydrogen) atoms. The largest absolute Gasteiger partial charge is 0.355 e. The van der Waals surface area contributed by atoms with Crippen LogP contribution in [0, 0.1) is 6.92 Å². The number of amides is 1. The van der Waals surface area contributed by atoms with Crippen LogP contribution in [-0.4, -0.2) is 30.4 Å². The highest BCUT2D eigenvalue weighted by molar-refractivity contribution is 5.78. The lowest BCUT2D eigenvalue weighted by Crippen LogP contribution is -2.37. The minimum atomic E-state index is 0.131. The van der Waals surface area contributed by atoms with Crippen LogP contribution in [0.25, 0.3) is 0 Å². The normalized spacial score (nSPS) is 17.8. The summed E-state index contributed by atoms with van der Waals surface area (Å²) in [6, 6.07) is 19.3. The minimum Gasteiger partial charge on any atom is -0.355 e. The Kier molecular flexibility index (Phi) is 5.65. The fraction of sp³-hybridized carbons (Fsp3) is 0.381. The van der Waals surface area contributed by atoms with Crippen molar-refractivity contribution in [3.05, 3.63) is 71.3 Å². The van der Waals surface area contributed by atoms with Gasteiger partial charge in [-0.05, 0) is 49.4 Å². The van der Waals surface area contributed by atoms with Crippen molar-refractivity contribution in [3.8, 4) is 0 Å². The Morgan fingerprint density at radius 1 is 1.12 bits per heavy atom. The molecule has 1 saturated heterocycles. The summed E-state index contributed by atoms with van der Waals surface area (Å²) in [5.74, 6) is 0.131. The molecule has 1 atom stereocenters. The molecule has 2 aromatic rings. The van der Waals surface area contributed by atoms with E-state index in [0.29, 0.717) is 19.1 Å². The van der Waals surface area contributed by atoms with E-state index in [9.17, 15) is 4.79 Å². The second kappa shape index (κ2) is 8.11. The van der Waals surface area contributed by atoms with E-state index in [4.69, 9.17) is 0 Å². The summed E-state index contributed by atoms with van der Waals surface area (Å²) in [5.41, 5.74) is 3.92. The zero-order chi connectivity index (χ0) is 16.8. The smallest absolute Gasteiger partial charge is 0.234 e. The number of carbonyl (C=O) groups excluding carboxylic acids is 1. The van der Waals surface area contributed by atoms with E-state index in [2.05, 4.69) is 65.7 Å². The highest BCUT2D eigenvalue weighted by Crippen LogP contribution is 2.31. The van der Waals surface area contributed by atoms with Gasteiger partial charge in [-0.15, -0.1) is 0 Å². The van der Waals surface area contributed by atoms with Crippen LogP contribution in [-0.2, 0) is 11.2 Å². The monoisotopic (exact) mass is 322 g/mol. The van der Waals surface area contributed by atoms with Crippen molar-refractivity contribution in [1.29, 1.82) is 0 Å². The molecule has 0 aromatic heterocycles. The average molecular weight is 322 g/mol. The van der Waals surface area contributed by atoms with Gasteiger partial charge in [0.05, 0.1) is 6.54 Å². The Labute approximate surface area is 144 Å². The highest BCUT2D eigenvalue weighted by atomic mass is 16.2. The number of carbonyl (C=O) groups is 1. The van der Waals surface area contributed by atoms with Crippen molar-refractivity contribution in [3.63, 3.8) is 0 Å². The summed E-state index contributed by atoms with van der Waals surface area (Å²) in [6.45, 7) is 4.32. The first-order chi connectivity index (χ1) is 11.7. The molecular weight excluding hydrogens is 296 g/mol. The third-order valence-corrected chi connectivity index (χ3v) is 4.87. The van der Waals surface area contributed by atoms with Gasteiger partial charge in [0, 0.05) is 12.6 Å². The standard InChI is InChI=1S/C21H26N2O/c1-17-8-5-6-9-18(17)13-14-22-21(24)16-23-15-7-12-20(23)19-10-3-2-4-11-19/h2-6,8-11,20H,7,12-16H2,1H3,(H,22,24). The number of nitrogens with one attached hydrogen (secondary N) is 1. The summed E-state index contributed by atoms with van der Waals surface area (Å²) in [7, 11) is 0. The molecule has 1 aliphatic heterocycles. The van der Waals surface area contributed by atoms with Crippen molar-refractivity contribution < 1.29 is 4.79 Å². The molecule has 0 saturated carbocycles. The third kappa shape index (κ3) is 4.24. The summed E-state index contributed by atoms with van der Waals surface area (Å²) < 4.78 is 0. The van der Waals surface area contributed by atoms with Crippen LogP contribution >= 0.6 is 0 Å². The number of benzene rings is 2. The second-order valence-corrected chi connectivity index (χ2v) is 6.57. The van der Waals surface area contributed by atoms with Gasteiger partial charge in [0.1, 0.15) is 0 Å². The molecule has 1 unspecified atom stereocenters. The van der Waals surface area contributed by atoms with Gasteiger partial charge in [-0.1, -0.05) is 54.6 Å². The first-order valence-electron chi connectivity index (χ1n) is 8.84. The SMILES string of the molecule is Cc1ccccc1CCNC(=O)CN1CCCC1c1ccccc1. The van der Waals surface area contributed by atoms with Gasteiger partial charge in [0.15, 0.2) is 0 Å². The first-order valence-corrected chi connectivity index (χ1v) is 8.84. The summed E-state index contributed by atoms with van der Waals surface area (Å²) in [4.78, 5) is 14.6. The zero-order valence-corrected chi connectivity index (χ0v) is 14.4. The molecule has 1 heterocycles. The Morgan fingerprint density at radius 3 is 2.67 bits per heavy atom. The molecule has 0 radical (unpaired) electrons. The number of likely N-dealkylation sites (tertiary alicyclic amines) is 1. The number of hydrogen-bond donors (Lipinski definition) is 1. The van der Waals surface area contributed by atoms with Crippen molar-refractivity contribution >= 4 is 5.91 Å². The molecule has 0 bridgehead atoms. The van der Waals surface area contributed by atoms with Gasteiger partial charge in [0.2, 0.25) is 5.91 Å². The molecule has 3 nitrogen and oxygen atoms in total. The van der Waals surface area contributed by atoms with Gasteiger partial charge < -0.3 is 5.32 Å². The molecule has 0 spiro atoms. The van der Waals surface area contributed by atoms with E-state index in [-0.39, 0.29) is 5.91 Å². The number of nitrogens with zero attached hydrogens (tertiary/aromatic N) is 1. The molecule has 0 aliphatic carbocycles. The summed E-state index contributed by atoms with van der Waals surface area (Å²) in [6.07, 6.45) is 3.19. The van der Waals surface area contributed by atoms with Crippen molar-refractivity contribution in [2.24, 2.45) is 0 Å². The molecule has 1 amide bonds. The number of hydrogen-bond acceptors (Lipinski definition) is 2. The lowest BCUT2D eigenvalue weighted by molar-refractivity contribution is -0.122. The van der Waals surface area contributed by atoms with Gasteiger partial charge in [-0.2, -0.15) is 0 Å². The number of aryl methyl sites for hydroxylation is 1. The third-order valence-electron chi connectivity index (χ3n) is 4.87. The summed E-state index contributed by atoms with van der Waals surface area (Å²) >= 11 is 0. The van der Waals surface area contributed by atoms with Gasteiger partial charge in [-0.25, -0.2) is 0 Å². The Hall–Kier alpha value is -2.13. The van der Waals surface area contributed by atoms with Crippen molar-refractivity contribution in [1.82, 2.24) is 10.2 Å². The summed E-state index contributed by atoms with van der Waals surface area (Å²) in [5, 5.41) is 3.08. The van der Waals surface area contributed by atoms with E-state index in [1.807, 2.05) is 6.07 Å². The molecular formula is C21H26N2O. The molecule has 1 fully saturated rings. The fourth-order valence-electron chi connectivity index (χ4n) is 3.54. The molecule has 2 aromatic carbocycles. The maximum atomic E-state index is 12.3. The van der Waals surface area contributed by atoms with Crippen molar-refractivity contribution in [2.75, 3.05) is 19.6 Å². The van der Waals surface area contributed by atoms with Crippen LogP contribution in [0.2, 0.25) is 0 Å². The van der Waals surface area contributed by atoms with E-state index < -0.39 is 0 Å². The minimum absolute atomic E-state index is 0.131. The Balaban J connectivity index is 1.49. The lowest BCUT2D eigenvalue weighted by Gasteiger charge is -2.24. The molecule has 3 heteroatoms. The predicted octanol–water partition coefficient (Wildman–Crippen LogP) is 3.49. The quantitative estimate of drug-likeness (QED) is 0.883. The van der Waals surface area contributed by atoms with Crippen molar-refractivity contribution in [2.45, 2.75) is 32.2 Å². The maximum Gasteiger partial charge on any atom is 0.234 e. The average Bonchev–Trinajstić information content (AvgIpc) is 3.05. The zero-order valence-electron chi connectivity index (χ0n) is 14.4. The van der Waals surface area contributed by atoms with Gasteiger partial charge >= 0.3 is 0 Å². The van der Waals surface area contributed by atoms with Gasteiger partial charge in [0.25, 0.3) is 0 Å². The van der Waals surface area contributed by atoms with E-state index in [0.717, 1.165) is 25.8 Å². The fourth-order valence-corrected chi connectivity index (χ4v) is 3.54. The topological polar surface area (TPSA) is 32.3 Å². The molecule has 1 N–H and O–H groups in total. The van der Waals surface area contributed by atoms with Crippen LogP contribution in [0.1, 0.15) is 35.6 Å². The maximum absolute atomic E-state index is 12.3. The number of rotatable bonds is 6. The first kappa shape index (κ1) is 16.7. The molecule has 126 valence electrons. The Bertz CT molecular complexity index is 669. The van der Waals surface area contributed by atoms with Crippen LogP contribution in [0.3, 0.4) is 0 Å². The van der Waals surface area contributed by atoms with Crippen LogP contribution < -0.4 is 5.32 Å². The Morgan fingerprint density at radius 2 is 1.88 bits per heavy atom. The van der Waals surface area contributed by atoms with E-state index >= 15 is 0 Å². The van der Waals surface area contributed by atoms with E-state index in [1.54, 1.807) is 0 Å². The van der Waals surface area contributed by atoms with E-state index in [1.165, 1.54) is 16.7 Å². The second-order valence-electron chi connectivity index (χ2n) is 6.57. The van der Waals surface area contributed by atoms with Crippen LogP contribution in [0.5, 0.6) is 0 Å². The van der Waals surface area contributed by atoms with Gasteiger partial charge in [-0.3, -0.25) is 9.69 Å².